The van der Waals surface area contributed by atoms with Gasteiger partial charge in [-0.05, 0) is 45.1 Å². The number of aromatic nitrogens is 2. The second-order valence-electron chi connectivity index (χ2n) is 5.33. The number of halogens is 1. The van der Waals surface area contributed by atoms with Crippen LogP contribution in [0.3, 0.4) is 0 Å². The van der Waals surface area contributed by atoms with E-state index in [1.165, 1.54) is 0 Å². The van der Waals surface area contributed by atoms with Crippen molar-refractivity contribution >= 4 is 21.8 Å². The number of likely N-dealkylation sites (tertiary alicyclic amines) is 1. The van der Waals surface area contributed by atoms with E-state index in [1.54, 1.807) is 0 Å². The first-order valence-electron chi connectivity index (χ1n) is 7.37. The van der Waals surface area contributed by atoms with Gasteiger partial charge in [-0.1, -0.05) is 22.9 Å². The summed E-state index contributed by atoms with van der Waals surface area (Å²) >= 11 is 3.47. The van der Waals surface area contributed by atoms with Crippen molar-refractivity contribution in [1.82, 2.24) is 15.1 Å². The highest BCUT2D eigenvalue weighted by Gasteiger charge is 2.30. The number of hydrogen-bond acceptors (Lipinski definition) is 3. The number of carbonyl (C=O) groups is 1. The standard InChI is InChI=1S/C15H22BrN3O/c1-3-14-13(10-11(2)17-18-14)15(20)19-9-5-7-12(19)6-4-8-16/h10,12H,3-9H2,1-2H3. The molecule has 1 aliphatic heterocycles. The lowest BCUT2D eigenvalue weighted by atomic mass is 10.1. The Bertz CT molecular complexity index is 478. The van der Waals surface area contributed by atoms with Gasteiger partial charge in [-0.2, -0.15) is 10.2 Å². The second kappa shape index (κ2) is 7.16. The predicted octanol–water partition coefficient (Wildman–Crippen LogP) is 3.13. The minimum absolute atomic E-state index is 0.136. The first-order valence-corrected chi connectivity index (χ1v) is 8.49. The van der Waals surface area contributed by atoms with Gasteiger partial charge in [-0.25, -0.2) is 0 Å². The molecule has 1 fully saturated rings. The number of aryl methyl sites for hydroxylation is 2. The number of nitrogens with zero attached hydrogens (tertiary/aromatic N) is 3. The van der Waals surface area contributed by atoms with Gasteiger partial charge in [0.25, 0.3) is 5.91 Å². The lowest BCUT2D eigenvalue weighted by Crippen LogP contribution is -2.36. The first kappa shape index (κ1) is 15.4. The van der Waals surface area contributed by atoms with E-state index in [2.05, 4.69) is 26.1 Å². The van der Waals surface area contributed by atoms with Crippen molar-refractivity contribution in [3.63, 3.8) is 0 Å². The molecule has 0 spiro atoms. The third-order valence-electron chi connectivity index (χ3n) is 3.87. The van der Waals surface area contributed by atoms with Crippen molar-refractivity contribution in [2.24, 2.45) is 0 Å². The van der Waals surface area contributed by atoms with Crippen LogP contribution in [-0.4, -0.2) is 38.9 Å². The maximum absolute atomic E-state index is 12.8. The Kier molecular flexibility index (Phi) is 5.52. The molecule has 0 bridgehead atoms. The summed E-state index contributed by atoms with van der Waals surface area (Å²) < 4.78 is 0. The molecule has 1 amide bonds. The Morgan fingerprint density at radius 3 is 3.00 bits per heavy atom. The zero-order valence-electron chi connectivity index (χ0n) is 12.2. The number of carbonyl (C=O) groups excluding carboxylic acids is 1. The van der Waals surface area contributed by atoms with Crippen LogP contribution in [0.1, 0.15) is 54.4 Å². The number of amides is 1. The molecule has 0 N–H and O–H groups in total. The van der Waals surface area contributed by atoms with E-state index in [1.807, 2.05) is 24.8 Å². The summed E-state index contributed by atoms with van der Waals surface area (Å²) in [5.74, 6) is 0.136. The molecule has 2 heterocycles. The minimum atomic E-state index is 0.136. The predicted molar refractivity (Wildman–Crippen MR) is 83.2 cm³/mol. The maximum atomic E-state index is 12.8. The van der Waals surface area contributed by atoms with Gasteiger partial charge in [0.2, 0.25) is 0 Å². The molecular formula is C15H22BrN3O. The Balaban J connectivity index is 2.19. The molecule has 0 radical (unpaired) electrons. The topological polar surface area (TPSA) is 46.1 Å². The van der Waals surface area contributed by atoms with Crippen LogP contribution in [0.25, 0.3) is 0 Å². The fraction of sp³-hybridized carbons (Fsp3) is 0.667. The van der Waals surface area contributed by atoms with Crippen molar-refractivity contribution in [1.29, 1.82) is 0 Å². The van der Waals surface area contributed by atoms with Crippen LogP contribution in [0, 0.1) is 6.92 Å². The van der Waals surface area contributed by atoms with Gasteiger partial charge in [0.15, 0.2) is 0 Å². The SMILES string of the molecule is CCc1nnc(C)cc1C(=O)N1CCCC1CCCBr. The molecule has 1 atom stereocenters. The molecule has 0 aromatic carbocycles. The summed E-state index contributed by atoms with van der Waals surface area (Å²) in [4.78, 5) is 14.8. The van der Waals surface area contributed by atoms with Crippen LogP contribution in [0.4, 0.5) is 0 Å². The molecule has 2 rings (SSSR count). The smallest absolute Gasteiger partial charge is 0.256 e. The van der Waals surface area contributed by atoms with Crippen LogP contribution >= 0.6 is 15.9 Å². The van der Waals surface area contributed by atoms with E-state index >= 15 is 0 Å². The highest BCUT2D eigenvalue weighted by atomic mass is 79.9. The van der Waals surface area contributed by atoms with E-state index < -0.39 is 0 Å². The van der Waals surface area contributed by atoms with Gasteiger partial charge in [0, 0.05) is 17.9 Å². The monoisotopic (exact) mass is 339 g/mol. The summed E-state index contributed by atoms with van der Waals surface area (Å²) in [6.45, 7) is 4.77. The summed E-state index contributed by atoms with van der Waals surface area (Å²) in [5.41, 5.74) is 2.36. The van der Waals surface area contributed by atoms with Gasteiger partial charge in [-0.15, -0.1) is 0 Å². The lowest BCUT2D eigenvalue weighted by molar-refractivity contribution is 0.0728. The molecule has 20 heavy (non-hydrogen) atoms. The summed E-state index contributed by atoms with van der Waals surface area (Å²) in [5, 5.41) is 9.23. The Morgan fingerprint density at radius 1 is 1.50 bits per heavy atom. The van der Waals surface area contributed by atoms with Crippen LogP contribution < -0.4 is 0 Å². The lowest BCUT2D eigenvalue weighted by Gasteiger charge is -2.25. The molecule has 0 aliphatic carbocycles. The van der Waals surface area contributed by atoms with Gasteiger partial charge < -0.3 is 4.90 Å². The molecule has 1 aliphatic rings. The summed E-state index contributed by atoms with van der Waals surface area (Å²) in [6.07, 6.45) is 5.17. The zero-order valence-corrected chi connectivity index (χ0v) is 13.8. The number of hydrogen-bond donors (Lipinski definition) is 0. The van der Waals surface area contributed by atoms with Crippen LogP contribution in [0.15, 0.2) is 6.07 Å². The molecule has 4 nitrogen and oxygen atoms in total. The Hall–Kier alpha value is -0.970. The van der Waals surface area contributed by atoms with Crippen molar-refractivity contribution < 1.29 is 4.79 Å². The molecule has 0 saturated carbocycles. The van der Waals surface area contributed by atoms with Crippen LogP contribution in [0.5, 0.6) is 0 Å². The minimum Gasteiger partial charge on any atom is -0.336 e. The average molecular weight is 340 g/mol. The van der Waals surface area contributed by atoms with E-state index in [9.17, 15) is 4.79 Å². The molecule has 5 heteroatoms. The van der Waals surface area contributed by atoms with Crippen molar-refractivity contribution in [2.45, 2.75) is 52.0 Å². The highest BCUT2D eigenvalue weighted by Crippen LogP contribution is 2.24. The number of rotatable bonds is 5. The molecule has 1 aromatic rings. The van der Waals surface area contributed by atoms with E-state index in [0.29, 0.717) is 6.04 Å². The molecule has 110 valence electrons. The van der Waals surface area contributed by atoms with E-state index in [0.717, 1.165) is 60.9 Å². The third kappa shape index (κ3) is 3.37. The highest BCUT2D eigenvalue weighted by molar-refractivity contribution is 9.09. The second-order valence-corrected chi connectivity index (χ2v) is 6.12. The van der Waals surface area contributed by atoms with Crippen molar-refractivity contribution in [3.05, 3.63) is 23.0 Å². The Morgan fingerprint density at radius 2 is 2.30 bits per heavy atom. The average Bonchev–Trinajstić information content (AvgIpc) is 2.92. The normalized spacial score (nSPS) is 18.6. The van der Waals surface area contributed by atoms with Gasteiger partial charge in [0.1, 0.15) is 0 Å². The van der Waals surface area contributed by atoms with Gasteiger partial charge in [0.05, 0.1) is 17.0 Å². The van der Waals surface area contributed by atoms with Crippen molar-refractivity contribution in [2.75, 3.05) is 11.9 Å². The quantitative estimate of drug-likeness (QED) is 0.774. The van der Waals surface area contributed by atoms with Crippen LogP contribution in [0.2, 0.25) is 0 Å². The largest absolute Gasteiger partial charge is 0.336 e. The molecule has 1 unspecified atom stereocenters. The Labute approximate surface area is 129 Å². The third-order valence-corrected chi connectivity index (χ3v) is 4.43. The fourth-order valence-electron chi connectivity index (χ4n) is 2.83. The molecule has 1 aromatic heterocycles. The van der Waals surface area contributed by atoms with Gasteiger partial charge in [-0.3, -0.25) is 4.79 Å². The number of alkyl halides is 1. The maximum Gasteiger partial charge on any atom is 0.256 e. The fourth-order valence-corrected chi connectivity index (χ4v) is 3.15. The van der Waals surface area contributed by atoms with Gasteiger partial charge >= 0.3 is 0 Å². The van der Waals surface area contributed by atoms with E-state index in [4.69, 9.17) is 0 Å². The molecular weight excluding hydrogens is 318 g/mol. The van der Waals surface area contributed by atoms with Crippen LogP contribution in [-0.2, 0) is 6.42 Å². The summed E-state index contributed by atoms with van der Waals surface area (Å²) in [6, 6.07) is 2.27. The first-order chi connectivity index (χ1) is 9.67. The molecule has 1 saturated heterocycles. The van der Waals surface area contributed by atoms with Crippen molar-refractivity contribution in [3.8, 4) is 0 Å². The van der Waals surface area contributed by atoms with E-state index in [-0.39, 0.29) is 5.91 Å². The zero-order chi connectivity index (χ0) is 14.5. The summed E-state index contributed by atoms with van der Waals surface area (Å²) in [7, 11) is 0.